The maximum absolute atomic E-state index is 12.7. The molecular formula is C21H29Cl2F5N4S2. The minimum absolute atomic E-state index is 0. The molecule has 3 unspecified atom stereocenters. The number of thioether (sulfide) groups is 1. The molecule has 0 aromatic carbocycles. The maximum atomic E-state index is 12.7. The highest BCUT2D eigenvalue weighted by Gasteiger charge is 2.30. The molecule has 34 heavy (non-hydrogen) atoms. The lowest BCUT2D eigenvalue weighted by Crippen LogP contribution is -2.08. The van der Waals surface area contributed by atoms with E-state index in [0.717, 1.165) is 11.1 Å². The van der Waals surface area contributed by atoms with Crippen molar-refractivity contribution in [2.24, 2.45) is 4.36 Å². The summed E-state index contributed by atoms with van der Waals surface area (Å²) in [7, 11) is -0.490. The predicted octanol–water partition coefficient (Wildman–Crippen LogP) is 8.56. The molecule has 2 rings (SSSR count). The van der Waals surface area contributed by atoms with Crippen LogP contribution in [-0.2, 0) is 21.5 Å². The van der Waals surface area contributed by atoms with Gasteiger partial charge in [-0.2, -0.15) is 38.9 Å². The van der Waals surface area contributed by atoms with E-state index in [-0.39, 0.29) is 30.1 Å². The van der Waals surface area contributed by atoms with Gasteiger partial charge in [0.1, 0.15) is 11.4 Å². The summed E-state index contributed by atoms with van der Waals surface area (Å²) in [5.74, 6) is 0. The first kappa shape index (κ1) is 37.1. The summed E-state index contributed by atoms with van der Waals surface area (Å²) >= 11 is 11.3. The highest BCUT2D eigenvalue weighted by Crippen LogP contribution is 2.33. The van der Waals surface area contributed by atoms with Crippen molar-refractivity contribution in [1.29, 1.82) is 5.26 Å². The van der Waals surface area contributed by atoms with E-state index in [9.17, 15) is 17.6 Å². The molecule has 0 aliphatic carbocycles. The van der Waals surface area contributed by atoms with Crippen LogP contribution in [0.4, 0.5) is 22.3 Å². The van der Waals surface area contributed by atoms with Gasteiger partial charge in [0, 0.05) is 22.9 Å². The Hall–Kier alpha value is -1.48. The van der Waals surface area contributed by atoms with Gasteiger partial charge in [-0.1, -0.05) is 37.7 Å². The molecule has 4 nitrogen and oxygen atoms in total. The molecule has 3 atom stereocenters. The van der Waals surface area contributed by atoms with Crippen molar-refractivity contribution >= 4 is 45.7 Å². The highest BCUT2D eigenvalue weighted by atomic mass is 35.5. The van der Waals surface area contributed by atoms with Gasteiger partial charge < -0.3 is 0 Å². The average molecular weight is 568 g/mol. The van der Waals surface area contributed by atoms with Gasteiger partial charge in [0.25, 0.3) is 0 Å². The summed E-state index contributed by atoms with van der Waals surface area (Å²) in [6.07, 6.45) is 8.26. The summed E-state index contributed by atoms with van der Waals surface area (Å²) < 4.78 is 54.3. The van der Waals surface area contributed by atoms with Crippen molar-refractivity contribution in [3.8, 4) is 6.19 Å². The van der Waals surface area contributed by atoms with Crippen LogP contribution in [0.1, 0.15) is 61.7 Å². The fourth-order valence-corrected chi connectivity index (χ4v) is 3.56. The molecule has 0 bridgehead atoms. The molecule has 13 heteroatoms. The topological polar surface area (TPSA) is 61.9 Å². The van der Waals surface area contributed by atoms with Crippen molar-refractivity contribution in [2.45, 2.75) is 50.0 Å². The number of nitrogens with zero attached hydrogens (tertiary/aromatic N) is 4. The molecule has 0 spiro atoms. The number of hydrogen-bond donors (Lipinski definition) is 0. The average Bonchev–Trinajstić information content (AvgIpc) is 2.72. The molecule has 0 saturated carbocycles. The van der Waals surface area contributed by atoms with Gasteiger partial charge in [-0.25, -0.2) is 0 Å². The molecule has 2 aromatic rings. The Morgan fingerprint density at radius 3 is 1.68 bits per heavy atom. The molecular weight excluding hydrogens is 538 g/mol. The number of alkyl halides is 6. The number of pyridine rings is 2. The van der Waals surface area contributed by atoms with Gasteiger partial charge >= 0.3 is 10.8 Å². The third kappa shape index (κ3) is 11.8. The van der Waals surface area contributed by atoms with Crippen LogP contribution in [0.2, 0.25) is 0 Å². The van der Waals surface area contributed by atoms with E-state index in [1.807, 2.05) is 20.1 Å². The van der Waals surface area contributed by atoms with Gasteiger partial charge in [0.05, 0.1) is 0 Å². The van der Waals surface area contributed by atoms with Crippen LogP contribution in [0, 0.1) is 11.5 Å². The lowest BCUT2D eigenvalue weighted by molar-refractivity contribution is 0.0894. The van der Waals surface area contributed by atoms with E-state index >= 15 is 0 Å². The fourth-order valence-electron chi connectivity index (χ4n) is 2.10. The molecule has 0 saturated heterocycles. The third-order valence-corrected chi connectivity index (χ3v) is 7.17. The standard InChI is InChI=1S/C10H10ClF2N3S.C9H10ClF2NS.2CH4.FH/c1-7(17(2)16-6-14)8-3-4-9(15-5-8)10(11,12)13;1-6(14-2)7-3-4-8(13-5-7)9(10,11)12;;;/h3-5,7H,1-2H3;3-6H,1-2H3;2*1H4;1H. The minimum Gasteiger partial charge on any atom is -0.269 e. The van der Waals surface area contributed by atoms with Gasteiger partial charge in [-0.3, -0.25) is 14.7 Å². The zero-order chi connectivity index (χ0) is 23.8. The van der Waals surface area contributed by atoms with Crippen LogP contribution in [-0.4, -0.2) is 22.5 Å². The minimum atomic E-state index is -3.45. The van der Waals surface area contributed by atoms with Crippen molar-refractivity contribution in [2.75, 3.05) is 12.5 Å². The zero-order valence-electron chi connectivity index (χ0n) is 17.4. The zero-order valence-corrected chi connectivity index (χ0v) is 20.5. The third-order valence-electron chi connectivity index (χ3n) is 4.14. The van der Waals surface area contributed by atoms with E-state index in [2.05, 4.69) is 14.3 Å². The lowest BCUT2D eigenvalue weighted by atomic mass is 10.2. The van der Waals surface area contributed by atoms with Crippen LogP contribution in [0.25, 0.3) is 0 Å². The normalized spacial score (nSPS) is 13.4. The predicted molar refractivity (Wildman–Crippen MR) is 136 cm³/mol. The number of halogens is 7. The van der Waals surface area contributed by atoms with Crippen LogP contribution in [0.3, 0.4) is 0 Å². The molecule has 194 valence electrons. The summed E-state index contributed by atoms with van der Waals surface area (Å²) in [5.41, 5.74) is 0.779. The second kappa shape index (κ2) is 16.2. The maximum Gasteiger partial charge on any atom is 0.364 e. The quantitative estimate of drug-likeness (QED) is 0.199. The van der Waals surface area contributed by atoms with Crippen LogP contribution >= 0.6 is 35.0 Å². The van der Waals surface area contributed by atoms with Crippen LogP contribution in [0.15, 0.2) is 41.0 Å². The van der Waals surface area contributed by atoms with E-state index in [4.69, 9.17) is 28.5 Å². The summed E-state index contributed by atoms with van der Waals surface area (Å²) in [6, 6.07) is 5.59. The first-order valence-corrected chi connectivity index (χ1v) is 12.3. The van der Waals surface area contributed by atoms with E-state index in [1.165, 1.54) is 30.6 Å². The van der Waals surface area contributed by atoms with Crippen LogP contribution in [0.5, 0.6) is 0 Å². The molecule has 0 aliphatic heterocycles. The fraction of sp³-hybridized carbons (Fsp3) is 0.476. The molecule has 0 aliphatic rings. The Kier molecular flexibility index (Phi) is 17.7. The number of hydrogen-bond acceptors (Lipinski definition) is 5. The van der Waals surface area contributed by atoms with E-state index in [0.29, 0.717) is 0 Å². The second-order valence-corrected chi connectivity index (χ2v) is 10.2. The smallest absolute Gasteiger partial charge is 0.269 e. The Morgan fingerprint density at radius 2 is 1.38 bits per heavy atom. The van der Waals surface area contributed by atoms with Gasteiger partial charge in [-0.15, -0.1) is 0 Å². The Labute approximate surface area is 214 Å². The summed E-state index contributed by atoms with van der Waals surface area (Å²) in [4.78, 5) is 7.24. The number of nitriles is 1. The first-order valence-electron chi connectivity index (χ1n) is 8.65. The Morgan fingerprint density at radius 1 is 0.971 bits per heavy atom. The molecule has 0 radical (unpaired) electrons. The molecule has 2 heterocycles. The molecule has 2 aromatic heterocycles. The first-order chi connectivity index (χ1) is 14.3. The second-order valence-electron chi connectivity index (χ2n) is 6.18. The van der Waals surface area contributed by atoms with Crippen molar-refractivity contribution in [1.82, 2.24) is 9.97 Å². The SMILES string of the molecule is C.C.CC(c1ccc(C(F)(F)Cl)nc1)S(C)=NC#N.CSC(C)c1ccc(C(F)(F)Cl)nc1.F. The van der Waals surface area contributed by atoms with E-state index < -0.39 is 32.8 Å². The van der Waals surface area contributed by atoms with Gasteiger partial charge in [-0.05, 0) is 72.8 Å². The summed E-state index contributed by atoms with van der Waals surface area (Å²) in [6.45, 7) is 3.85. The molecule has 0 fully saturated rings. The molecule has 0 amide bonds. The van der Waals surface area contributed by atoms with Crippen molar-refractivity contribution in [3.63, 3.8) is 0 Å². The van der Waals surface area contributed by atoms with E-state index in [1.54, 1.807) is 30.3 Å². The van der Waals surface area contributed by atoms with Gasteiger partial charge in [0.15, 0.2) is 0 Å². The monoisotopic (exact) mass is 566 g/mol. The van der Waals surface area contributed by atoms with Crippen molar-refractivity contribution < 1.29 is 22.3 Å². The number of rotatable bonds is 6. The largest absolute Gasteiger partial charge is 0.364 e. The van der Waals surface area contributed by atoms with Gasteiger partial charge in [0.2, 0.25) is 6.19 Å². The number of aromatic nitrogens is 2. The highest BCUT2D eigenvalue weighted by molar-refractivity contribution is 7.98. The lowest BCUT2D eigenvalue weighted by Gasteiger charge is -2.12. The Balaban J connectivity index is -0.000000527. The summed E-state index contributed by atoms with van der Waals surface area (Å²) in [5, 5.41) is 1.82. The Bertz CT molecular complexity index is 913. The van der Waals surface area contributed by atoms with Crippen LogP contribution < -0.4 is 0 Å². The molecule has 0 N–H and O–H groups in total. The van der Waals surface area contributed by atoms with Crippen molar-refractivity contribution in [3.05, 3.63) is 59.2 Å².